The summed E-state index contributed by atoms with van der Waals surface area (Å²) in [5, 5.41) is 3.72. The average molecular weight is 284 g/mol. The van der Waals surface area contributed by atoms with Crippen molar-refractivity contribution in [1.29, 1.82) is 0 Å². The zero-order valence-electron chi connectivity index (χ0n) is 14.5. The van der Waals surface area contributed by atoms with E-state index in [4.69, 9.17) is 0 Å². The molecule has 3 unspecified atom stereocenters. The van der Waals surface area contributed by atoms with Crippen LogP contribution in [0.15, 0.2) is 0 Å². The average Bonchev–Trinajstić information content (AvgIpc) is 2.40. The molecule has 1 N–H and O–H groups in total. The number of nitrogens with zero attached hydrogens (tertiary/aromatic N) is 2. The van der Waals surface area contributed by atoms with Crippen LogP contribution < -0.4 is 5.32 Å². The molecule has 3 nitrogen and oxygen atoms in total. The van der Waals surface area contributed by atoms with Crippen molar-refractivity contribution in [2.45, 2.75) is 52.5 Å². The first-order valence-corrected chi connectivity index (χ1v) is 8.67. The molecule has 1 rings (SSSR count). The monoisotopic (exact) mass is 283 g/mol. The molecule has 3 heteroatoms. The molecule has 0 heterocycles. The fraction of sp³-hybridized carbons (Fsp3) is 1.00. The van der Waals surface area contributed by atoms with Crippen LogP contribution in [0.5, 0.6) is 0 Å². The van der Waals surface area contributed by atoms with Crippen molar-refractivity contribution in [3.05, 3.63) is 0 Å². The van der Waals surface area contributed by atoms with Crippen LogP contribution in [0.25, 0.3) is 0 Å². The second-order valence-corrected chi connectivity index (χ2v) is 6.89. The summed E-state index contributed by atoms with van der Waals surface area (Å²) in [6, 6.07) is 0.749. The molecule has 0 amide bonds. The summed E-state index contributed by atoms with van der Waals surface area (Å²) in [5.74, 6) is 1.76. The number of rotatable bonds is 9. The van der Waals surface area contributed by atoms with Crippen LogP contribution in [0.2, 0.25) is 0 Å². The molecule has 0 bridgehead atoms. The minimum absolute atomic E-state index is 0.749. The number of hydrogen-bond donors (Lipinski definition) is 1. The maximum atomic E-state index is 3.72. The van der Waals surface area contributed by atoms with Crippen molar-refractivity contribution in [2.24, 2.45) is 11.8 Å². The molecule has 0 aliphatic heterocycles. The van der Waals surface area contributed by atoms with E-state index in [0.717, 1.165) is 24.4 Å². The first-order valence-electron chi connectivity index (χ1n) is 8.67. The van der Waals surface area contributed by atoms with Gasteiger partial charge in [-0.2, -0.15) is 0 Å². The van der Waals surface area contributed by atoms with Crippen LogP contribution in [0.3, 0.4) is 0 Å². The van der Waals surface area contributed by atoms with Gasteiger partial charge in [0, 0.05) is 12.6 Å². The Hall–Kier alpha value is -0.120. The van der Waals surface area contributed by atoms with Crippen molar-refractivity contribution in [2.75, 3.05) is 46.8 Å². The third kappa shape index (κ3) is 6.55. The van der Waals surface area contributed by atoms with Gasteiger partial charge in [-0.05, 0) is 77.8 Å². The van der Waals surface area contributed by atoms with E-state index in [1.54, 1.807) is 0 Å². The van der Waals surface area contributed by atoms with Crippen molar-refractivity contribution in [3.8, 4) is 0 Å². The molecular formula is C17H37N3. The summed E-state index contributed by atoms with van der Waals surface area (Å²) in [6.07, 6.45) is 5.46. The predicted molar refractivity (Wildman–Crippen MR) is 89.3 cm³/mol. The Morgan fingerprint density at radius 1 is 1.10 bits per heavy atom. The Kier molecular flexibility index (Phi) is 8.74. The predicted octanol–water partition coefficient (Wildman–Crippen LogP) is 2.67. The largest absolute Gasteiger partial charge is 0.314 e. The van der Waals surface area contributed by atoms with Gasteiger partial charge < -0.3 is 15.1 Å². The number of nitrogens with one attached hydrogen (secondary N) is 1. The van der Waals surface area contributed by atoms with Crippen LogP contribution in [0.1, 0.15) is 46.5 Å². The van der Waals surface area contributed by atoms with E-state index < -0.39 is 0 Å². The second-order valence-electron chi connectivity index (χ2n) is 6.89. The lowest BCUT2D eigenvalue weighted by Gasteiger charge is -2.38. The maximum Gasteiger partial charge on any atom is 0.0108 e. The first-order chi connectivity index (χ1) is 9.56. The molecule has 0 aromatic heterocycles. The van der Waals surface area contributed by atoms with E-state index in [9.17, 15) is 0 Å². The maximum absolute atomic E-state index is 3.72. The van der Waals surface area contributed by atoms with Gasteiger partial charge in [-0.3, -0.25) is 0 Å². The zero-order chi connectivity index (χ0) is 15.0. The van der Waals surface area contributed by atoms with Crippen LogP contribution >= 0.6 is 0 Å². The van der Waals surface area contributed by atoms with E-state index in [1.807, 2.05) is 0 Å². The Morgan fingerprint density at radius 3 is 2.45 bits per heavy atom. The molecule has 0 radical (unpaired) electrons. The molecule has 1 aliphatic carbocycles. The van der Waals surface area contributed by atoms with Gasteiger partial charge in [-0.25, -0.2) is 0 Å². The van der Waals surface area contributed by atoms with E-state index >= 15 is 0 Å². The Bertz CT molecular complexity index is 242. The first kappa shape index (κ1) is 17.9. The van der Waals surface area contributed by atoms with E-state index in [-0.39, 0.29) is 0 Å². The summed E-state index contributed by atoms with van der Waals surface area (Å²) in [7, 11) is 4.33. The fourth-order valence-electron chi connectivity index (χ4n) is 3.55. The highest BCUT2D eigenvalue weighted by atomic mass is 15.1. The van der Waals surface area contributed by atoms with Gasteiger partial charge in [-0.15, -0.1) is 0 Å². The van der Waals surface area contributed by atoms with Crippen LogP contribution in [-0.2, 0) is 0 Å². The highest BCUT2D eigenvalue weighted by Crippen LogP contribution is 2.29. The molecule has 120 valence electrons. The molecule has 20 heavy (non-hydrogen) atoms. The molecule has 1 aliphatic rings. The van der Waals surface area contributed by atoms with Gasteiger partial charge in [0.15, 0.2) is 0 Å². The Labute approximate surface area is 127 Å². The third-order valence-corrected chi connectivity index (χ3v) is 4.73. The third-order valence-electron chi connectivity index (χ3n) is 4.73. The van der Waals surface area contributed by atoms with Gasteiger partial charge in [0.2, 0.25) is 0 Å². The zero-order valence-corrected chi connectivity index (χ0v) is 14.5. The molecule has 0 aromatic rings. The quantitative estimate of drug-likeness (QED) is 0.702. The molecule has 0 saturated heterocycles. The van der Waals surface area contributed by atoms with Gasteiger partial charge in [-0.1, -0.05) is 20.8 Å². The standard InChI is InChI=1S/C17H37N3/c1-6-18-17-10-9-15(3)13-16(17)14-20(7-2)12-8-11-19(4)5/h15-18H,6-14H2,1-5H3. The van der Waals surface area contributed by atoms with E-state index in [1.165, 1.54) is 51.9 Å². The molecule has 1 saturated carbocycles. The highest BCUT2D eigenvalue weighted by Gasteiger charge is 2.29. The molecule has 0 spiro atoms. The van der Waals surface area contributed by atoms with Gasteiger partial charge in [0.1, 0.15) is 0 Å². The van der Waals surface area contributed by atoms with Crippen LogP contribution in [-0.4, -0.2) is 62.7 Å². The summed E-state index contributed by atoms with van der Waals surface area (Å²) in [5.41, 5.74) is 0. The lowest BCUT2D eigenvalue weighted by Crippen LogP contribution is -2.46. The Morgan fingerprint density at radius 2 is 1.85 bits per heavy atom. The lowest BCUT2D eigenvalue weighted by atomic mass is 9.78. The molecule has 0 aromatic carbocycles. The SMILES string of the molecule is CCNC1CCC(C)CC1CN(CC)CCCN(C)C. The fourth-order valence-corrected chi connectivity index (χ4v) is 3.55. The Balaban J connectivity index is 2.42. The van der Waals surface area contributed by atoms with Crippen LogP contribution in [0, 0.1) is 11.8 Å². The van der Waals surface area contributed by atoms with Crippen molar-refractivity contribution < 1.29 is 0 Å². The number of hydrogen-bond acceptors (Lipinski definition) is 3. The van der Waals surface area contributed by atoms with Crippen molar-refractivity contribution in [3.63, 3.8) is 0 Å². The summed E-state index contributed by atoms with van der Waals surface area (Å²) < 4.78 is 0. The lowest BCUT2D eigenvalue weighted by molar-refractivity contribution is 0.146. The second kappa shape index (κ2) is 9.75. The summed E-state index contributed by atoms with van der Waals surface area (Å²) in [6.45, 7) is 13.0. The van der Waals surface area contributed by atoms with Crippen LogP contribution in [0.4, 0.5) is 0 Å². The normalized spacial score (nSPS) is 27.4. The summed E-state index contributed by atoms with van der Waals surface area (Å²) in [4.78, 5) is 4.95. The molecular weight excluding hydrogens is 246 g/mol. The summed E-state index contributed by atoms with van der Waals surface area (Å²) >= 11 is 0. The topological polar surface area (TPSA) is 18.5 Å². The van der Waals surface area contributed by atoms with Gasteiger partial charge in [0.25, 0.3) is 0 Å². The van der Waals surface area contributed by atoms with E-state index in [0.29, 0.717) is 0 Å². The minimum Gasteiger partial charge on any atom is -0.314 e. The van der Waals surface area contributed by atoms with Crippen molar-refractivity contribution in [1.82, 2.24) is 15.1 Å². The molecule has 3 atom stereocenters. The molecule has 1 fully saturated rings. The van der Waals surface area contributed by atoms with Gasteiger partial charge >= 0.3 is 0 Å². The highest BCUT2D eigenvalue weighted by molar-refractivity contribution is 4.85. The van der Waals surface area contributed by atoms with Gasteiger partial charge in [0.05, 0.1) is 0 Å². The van der Waals surface area contributed by atoms with E-state index in [2.05, 4.69) is 50.0 Å². The minimum atomic E-state index is 0.749. The smallest absolute Gasteiger partial charge is 0.0108 e. The van der Waals surface area contributed by atoms with Crippen molar-refractivity contribution >= 4 is 0 Å².